The van der Waals surface area contributed by atoms with E-state index in [0.29, 0.717) is 24.7 Å². The van der Waals surface area contributed by atoms with E-state index in [2.05, 4.69) is 15.1 Å². The maximum atomic E-state index is 12.6. The third-order valence-corrected chi connectivity index (χ3v) is 3.46. The number of halogens is 3. The van der Waals surface area contributed by atoms with Gasteiger partial charge in [0, 0.05) is 25.5 Å². The summed E-state index contributed by atoms with van der Waals surface area (Å²) < 4.78 is 41.3. The van der Waals surface area contributed by atoms with E-state index >= 15 is 0 Å². The zero-order valence-electron chi connectivity index (χ0n) is 12.3. The lowest BCUT2D eigenvalue weighted by atomic mass is 10.1. The predicted molar refractivity (Wildman–Crippen MR) is 77.5 cm³/mol. The van der Waals surface area contributed by atoms with Gasteiger partial charge < -0.3 is 4.57 Å². The molecule has 0 atom stereocenters. The first-order valence-corrected chi connectivity index (χ1v) is 7.04. The summed E-state index contributed by atoms with van der Waals surface area (Å²) in [4.78, 5) is 8.48. The van der Waals surface area contributed by atoms with E-state index in [0.717, 1.165) is 17.7 Å². The molecule has 8 heteroatoms. The van der Waals surface area contributed by atoms with E-state index < -0.39 is 11.7 Å². The second-order valence-electron chi connectivity index (χ2n) is 4.97. The Morgan fingerprint density at radius 1 is 1.04 bits per heavy atom. The average Bonchev–Trinajstić information content (AvgIpc) is 3.14. The molecule has 2 aromatic heterocycles. The number of aryl methyl sites for hydroxylation is 1. The van der Waals surface area contributed by atoms with Crippen molar-refractivity contribution < 1.29 is 13.2 Å². The normalized spacial score (nSPS) is 11.8. The molecule has 2 heterocycles. The van der Waals surface area contributed by atoms with Crippen LogP contribution in [0.25, 0.3) is 11.6 Å². The third kappa shape index (κ3) is 3.10. The van der Waals surface area contributed by atoms with Crippen molar-refractivity contribution in [2.45, 2.75) is 26.2 Å². The molecule has 0 saturated heterocycles. The van der Waals surface area contributed by atoms with Crippen molar-refractivity contribution in [3.63, 3.8) is 0 Å². The standard InChI is InChI=1S/C15H14F3N5/c1-2-23-14(20-10-21-23)13-19-7-8-22(13)9-11-3-5-12(6-4-11)15(16,17)18/h3-8,10H,2,9H2,1H3. The van der Waals surface area contributed by atoms with Crippen LogP contribution in [0.15, 0.2) is 43.0 Å². The van der Waals surface area contributed by atoms with E-state index in [4.69, 9.17) is 0 Å². The Hall–Kier alpha value is -2.64. The van der Waals surface area contributed by atoms with Gasteiger partial charge in [0.2, 0.25) is 0 Å². The van der Waals surface area contributed by atoms with Crippen molar-refractivity contribution in [2.75, 3.05) is 0 Å². The fraction of sp³-hybridized carbons (Fsp3) is 0.267. The summed E-state index contributed by atoms with van der Waals surface area (Å²) in [6.45, 7) is 3.01. The summed E-state index contributed by atoms with van der Waals surface area (Å²) in [6.07, 6.45) is 0.530. The van der Waals surface area contributed by atoms with Crippen LogP contribution in [-0.2, 0) is 19.3 Å². The monoisotopic (exact) mass is 321 g/mol. The molecule has 3 rings (SSSR count). The minimum atomic E-state index is -4.32. The van der Waals surface area contributed by atoms with Gasteiger partial charge in [0.15, 0.2) is 11.6 Å². The summed E-state index contributed by atoms with van der Waals surface area (Å²) in [5.74, 6) is 1.26. The van der Waals surface area contributed by atoms with Crippen LogP contribution in [-0.4, -0.2) is 24.3 Å². The first-order valence-electron chi connectivity index (χ1n) is 7.04. The summed E-state index contributed by atoms with van der Waals surface area (Å²) in [7, 11) is 0. The van der Waals surface area contributed by atoms with E-state index in [9.17, 15) is 13.2 Å². The third-order valence-electron chi connectivity index (χ3n) is 3.46. The largest absolute Gasteiger partial charge is 0.416 e. The summed E-state index contributed by atoms with van der Waals surface area (Å²) >= 11 is 0. The van der Waals surface area contributed by atoms with Gasteiger partial charge in [0.05, 0.1) is 5.56 Å². The van der Waals surface area contributed by atoms with Gasteiger partial charge in [-0.25, -0.2) is 14.6 Å². The molecule has 0 bridgehead atoms. The number of hydrogen-bond donors (Lipinski definition) is 0. The van der Waals surface area contributed by atoms with Gasteiger partial charge in [-0.2, -0.15) is 18.3 Å². The van der Waals surface area contributed by atoms with Gasteiger partial charge in [-0.1, -0.05) is 12.1 Å². The molecule has 0 aliphatic carbocycles. The van der Waals surface area contributed by atoms with Crippen molar-refractivity contribution in [2.24, 2.45) is 0 Å². The van der Waals surface area contributed by atoms with Crippen LogP contribution in [0.1, 0.15) is 18.1 Å². The Labute approximate surface area is 130 Å². The summed E-state index contributed by atoms with van der Waals surface area (Å²) in [5, 5.41) is 4.10. The van der Waals surface area contributed by atoms with Gasteiger partial charge >= 0.3 is 6.18 Å². The zero-order chi connectivity index (χ0) is 16.4. The molecule has 3 aromatic rings. The summed E-state index contributed by atoms with van der Waals surface area (Å²) in [5.41, 5.74) is 0.0950. The second-order valence-corrected chi connectivity index (χ2v) is 4.97. The molecule has 0 unspecified atom stereocenters. The second kappa shape index (κ2) is 5.86. The van der Waals surface area contributed by atoms with Crippen molar-refractivity contribution in [1.82, 2.24) is 24.3 Å². The van der Waals surface area contributed by atoms with Gasteiger partial charge in [0.1, 0.15) is 6.33 Å². The Balaban J connectivity index is 1.86. The number of rotatable bonds is 4. The fourth-order valence-corrected chi connectivity index (χ4v) is 2.31. The molecular weight excluding hydrogens is 307 g/mol. The van der Waals surface area contributed by atoms with Crippen molar-refractivity contribution in [1.29, 1.82) is 0 Å². The average molecular weight is 321 g/mol. The summed E-state index contributed by atoms with van der Waals surface area (Å²) in [6, 6.07) is 5.11. The minimum absolute atomic E-state index is 0.407. The van der Waals surface area contributed by atoms with E-state index in [1.54, 1.807) is 17.1 Å². The molecule has 0 radical (unpaired) electrons. The quantitative estimate of drug-likeness (QED) is 0.741. The van der Waals surface area contributed by atoms with E-state index in [-0.39, 0.29) is 0 Å². The first-order chi connectivity index (χ1) is 11.0. The van der Waals surface area contributed by atoms with Gasteiger partial charge in [-0.15, -0.1) is 0 Å². The van der Waals surface area contributed by atoms with Crippen LogP contribution in [0.5, 0.6) is 0 Å². The number of imidazole rings is 1. The predicted octanol–water partition coefficient (Wildman–Crippen LogP) is 3.23. The number of alkyl halides is 3. The van der Waals surface area contributed by atoms with Crippen LogP contribution >= 0.6 is 0 Å². The van der Waals surface area contributed by atoms with E-state index in [1.807, 2.05) is 11.5 Å². The van der Waals surface area contributed by atoms with Crippen LogP contribution in [0.2, 0.25) is 0 Å². The maximum absolute atomic E-state index is 12.6. The molecule has 120 valence electrons. The van der Waals surface area contributed by atoms with Gasteiger partial charge in [-0.05, 0) is 24.6 Å². The van der Waals surface area contributed by atoms with Crippen molar-refractivity contribution >= 4 is 0 Å². The highest BCUT2D eigenvalue weighted by Crippen LogP contribution is 2.29. The highest BCUT2D eigenvalue weighted by Gasteiger charge is 2.29. The molecular formula is C15H14F3N5. The molecule has 0 N–H and O–H groups in total. The van der Waals surface area contributed by atoms with E-state index in [1.165, 1.54) is 18.5 Å². The number of aromatic nitrogens is 5. The van der Waals surface area contributed by atoms with Crippen LogP contribution in [0, 0.1) is 0 Å². The molecule has 23 heavy (non-hydrogen) atoms. The SMILES string of the molecule is CCn1ncnc1-c1nccn1Cc1ccc(C(F)(F)F)cc1. The molecule has 0 fully saturated rings. The highest BCUT2D eigenvalue weighted by atomic mass is 19.4. The topological polar surface area (TPSA) is 48.5 Å². The maximum Gasteiger partial charge on any atom is 0.416 e. The Kier molecular flexibility index (Phi) is 3.89. The van der Waals surface area contributed by atoms with Crippen LogP contribution in [0.4, 0.5) is 13.2 Å². The molecule has 0 amide bonds. The smallest absolute Gasteiger partial charge is 0.324 e. The zero-order valence-corrected chi connectivity index (χ0v) is 12.3. The van der Waals surface area contributed by atoms with Crippen LogP contribution < -0.4 is 0 Å². The Morgan fingerprint density at radius 2 is 1.78 bits per heavy atom. The van der Waals surface area contributed by atoms with Crippen molar-refractivity contribution in [3.8, 4) is 11.6 Å². The molecule has 1 aromatic carbocycles. The Bertz CT molecular complexity index is 786. The molecule has 0 aliphatic heterocycles. The number of benzene rings is 1. The fourth-order valence-electron chi connectivity index (χ4n) is 2.31. The van der Waals surface area contributed by atoms with Crippen LogP contribution in [0.3, 0.4) is 0 Å². The van der Waals surface area contributed by atoms with Crippen molar-refractivity contribution in [3.05, 3.63) is 54.1 Å². The lowest BCUT2D eigenvalue weighted by Gasteiger charge is -2.10. The molecule has 0 spiro atoms. The lowest BCUT2D eigenvalue weighted by Crippen LogP contribution is -2.08. The number of hydrogen-bond acceptors (Lipinski definition) is 3. The number of nitrogens with zero attached hydrogens (tertiary/aromatic N) is 5. The van der Waals surface area contributed by atoms with Gasteiger partial charge in [0.25, 0.3) is 0 Å². The molecule has 5 nitrogen and oxygen atoms in total. The first kappa shape index (κ1) is 15.3. The Morgan fingerprint density at radius 3 is 2.43 bits per heavy atom. The lowest BCUT2D eigenvalue weighted by molar-refractivity contribution is -0.137. The van der Waals surface area contributed by atoms with Gasteiger partial charge in [-0.3, -0.25) is 0 Å². The molecule has 0 aliphatic rings. The molecule has 0 saturated carbocycles. The minimum Gasteiger partial charge on any atom is -0.324 e. The highest BCUT2D eigenvalue weighted by molar-refractivity contribution is 5.44.